The number of ether oxygens (including phenoxy) is 1. The van der Waals surface area contributed by atoms with E-state index in [9.17, 15) is 9.59 Å². The predicted octanol–water partition coefficient (Wildman–Crippen LogP) is 5.98. The Morgan fingerprint density at radius 1 is 1.17 bits per heavy atom. The first-order chi connectivity index (χ1) is 14.2. The predicted molar refractivity (Wildman–Crippen MR) is 127 cm³/mol. The molecule has 0 saturated heterocycles. The third kappa shape index (κ3) is 4.41. The highest BCUT2D eigenvalue weighted by atomic mass is 127. The molecule has 1 aromatic carbocycles. The molecule has 1 fully saturated rings. The Morgan fingerprint density at radius 3 is 2.60 bits per heavy atom. The van der Waals surface area contributed by atoms with Crippen molar-refractivity contribution in [3.8, 4) is 0 Å². The summed E-state index contributed by atoms with van der Waals surface area (Å²) in [6.07, 6.45) is 6.54. The lowest BCUT2D eigenvalue weighted by atomic mass is 9.67. The van der Waals surface area contributed by atoms with E-state index in [1.165, 1.54) is 6.42 Å². The minimum absolute atomic E-state index is 0.00743. The first kappa shape index (κ1) is 21.7. The zero-order chi connectivity index (χ0) is 21.5. The molecule has 0 aromatic heterocycles. The summed E-state index contributed by atoms with van der Waals surface area (Å²) in [6.45, 7) is 6.15. The van der Waals surface area contributed by atoms with Crippen LogP contribution in [-0.4, -0.2) is 23.6 Å². The van der Waals surface area contributed by atoms with E-state index in [1.807, 2.05) is 25.1 Å². The normalized spacial score (nSPS) is 26.8. The maximum atomic E-state index is 13.4. The van der Waals surface area contributed by atoms with Crippen molar-refractivity contribution >= 4 is 40.1 Å². The summed E-state index contributed by atoms with van der Waals surface area (Å²) in [6, 6.07) is 8.15. The van der Waals surface area contributed by atoms with Crippen LogP contribution in [0.5, 0.6) is 0 Å². The minimum Gasteiger partial charge on any atom is -0.462 e. The van der Waals surface area contributed by atoms with E-state index < -0.39 is 5.92 Å². The molecular weight excluding hydrogens is 489 g/mol. The molecule has 160 valence electrons. The van der Waals surface area contributed by atoms with Crippen molar-refractivity contribution in [2.45, 2.75) is 77.7 Å². The van der Waals surface area contributed by atoms with Crippen molar-refractivity contribution in [2.75, 3.05) is 0 Å². The van der Waals surface area contributed by atoms with E-state index in [-0.39, 0.29) is 29.2 Å². The van der Waals surface area contributed by atoms with Gasteiger partial charge in [-0.25, -0.2) is 0 Å². The molecule has 3 aliphatic rings. The van der Waals surface area contributed by atoms with Gasteiger partial charge in [0.1, 0.15) is 12.0 Å². The van der Waals surface area contributed by atoms with Crippen molar-refractivity contribution in [2.24, 2.45) is 16.3 Å². The second kappa shape index (κ2) is 8.56. The van der Waals surface area contributed by atoms with Crippen LogP contribution in [0.1, 0.15) is 77.2 Å². The highest BCUT2D eigenvalue weighted by Gasteiger charge is 2.46. The first-order valence-corrected chi connectivity index (χ1v) is 12.1. The molecule has 0 radical (unpaired) electrons. The molecule has 2 unspecified atom stereocenters. The molecule has 5 heteroatoms. The second-order valence-electron chi connectivity index (χ2n) is 9.76. The van der Waals surface area contributed by atoms with Gasteiger partial charge in [-0.2, -0.15) is 0 Å². The number of carbonyl (C=O) groups is 2. The largest absolute Gasteiger partial charge is 0.462 e. The van der Waals surface area contributed by atoms with Gasteiger partial charge in [0.15, 0.2) is 5.78 Å². The summed E-state index contributed by atoms with van der Waals surface area (Å²) in [4.78, 5) is 31.5. The molecule has 1 aliphatic heterocycles. The highest BCUT2D eigenvalue weighted by Crippen LogP contribution is 2.48. The number of allylic oxidation sites excluding steroid dienone is 2. The molecule has 2 atom stereocenters. The molecule has 30 heavy (non-hydrogen) atoms. The SMILES string of the molecule is CC1=NC2=C(C(=O)CC(C)(C)C2)C(c2cccc(I)c2)C1C(=O)OC1CCCCC1. The molecule has 0 N–H and O–H groups in total. The zero-order valence-corrected chi connectivity index (χ0v) is 20.2. The lowest BCUT2D eigenvalue weighted by Gasteiger charge is -2.39. The smallest absolute Gasteiger partial charge is 0.315 e. The van der Waals surface area contributed by atoms with Crippen LogP contribution in [0.3, 0.4) is 0 Å². The quantitative estimate of drug-likeness (QED) is 0.365. The fraction of sp³-hybridized carbons (Fsp3) is 0.560. The number of Topliss-reactive ketones (excluding diaryl/α,β-unsaturated/α-hetero) is 1. The van der Waals surface area contributed by atoms with Gasteiger partial charge in [0.2, 0.25) is 0 Å². The van der Waals surface area contributed by atoms with E-state index in [1.54, 1.807) is 0 Å². The average molecular weight is 519 g/mol. The maximum absolute atomic E-state index is 13.4. The Kier molecular flexibility index (Phi) is 6.20. The Morgan fingerprint density at radius 2 is 1.90 bits per heavy atom. The summed E-state index contributed by atoms with van der Waals surface area (Å²) < 4.78 is 7.08. The third-order valence-electron chi connectivity index (χ3n) is 6.60. The molecule has 1 aromatic rings. The Balaban J connectivity index is 1.75. The summed E-state index contributed by atoms with van der Waals surface area (Å²) in [5, 5.41) is 0. The number of hydrogen-bond acceptors (Lipinski definition) is 4. The van der Waals surface area contributed by atoms with Gasteiger partial charge in [0.05, 0.1) is 0 Å². The summed E-state index contributed by atoms with van der Waals surface area (Å²) >= 11 is 2.29. The molecule has 1 heterocycles. The van der Waals surface area contributed by atoms with Gasteiger partial charge in [-0.15, -0.1) is 0 Å². The molecule has 2 aliphatic carbocycles. The average Bonchev–Trinajstić information content (AvgIpc) is 2.66. The Labute approximate surface area is 192 Å². The number of nitrogens with zero attached hydrogens (tertiary/aromatic N) is 1. The fourth-order valence-electron chi connectivity index (χ4n) is 5.23. The van der Waals surface area contributed by atoms with Crippen LogP contribution in [0.2, 0.25) is 0 Å². The lowest BCUT2D eigenvalue weighted by molar-refractivity contribution is -0.153. The van der Waals surface area contributed by atoms with Crippen molar-refractivity contribution in [1.82, 2.24) is 0 Å². The van der Waals surface area contributed by atoms with Gasteiger partial charge in [-0.05, 0) is 84.7 Å². The first-order valence-electron chi connectivity index (χ1n) is 11.0. The van der Waals surface area contributed by atoms with Crippen LogP contribution in [0.25, 0.3) is 0 Å². The van der Waals surface area contributed by atoms with Gasteiger partial charge in [-0.3, -0.25) is 14.6 Å². The van der Waals surface area contributed by atoms with Gasteiger partial charge in [0, 0.05) is 32.9 Å². The van der Waals surface area contributed by atoms with Gasteiger partial charge >= 0.3 is 5.97 Å². The Bertz CT molecular complexity index is 924. The van der Waals surface area contributed by atoms with E-state index in [2.05, 4.69) is 42.5 Å². The number of aliphatic imine (C=N–C) groups is 1. The van der Waals surface area contributed by atoms with Crippen LogP contribution >= 0.6 is 22.6 Å². The number of halogens is 1. The van der Waals surface area contributed by atoms with E-state index in [0.717, 1.165) is 58.2 Å². The van der Waals surface area contributed by atoms with E-state index >= 15 is 0 Å². The van der Waals surface area contributed by atoms with Crippen molar-refractivity contribution in [3.05, 3.63) is 44.7 Å². The lowest BCUT2D eigenvalue weighted by Crippen LogP contribution is -2.40. The number of benzene rings is 1. The van der Waals surface area contributed by atoms with Crippen LogP contribution in [0, 0.1) is 14.9 Å². The topological polar surface area (TPSA) is 55.7 Å². The fourth-order valence-corrected chi connectivity index (χ4v) is 5.80. The monoisotopic (exact) mass is 519 g/mol. The van der Waals surface area contributed by atoms with E-state index in [4.69, 9.17) is 9.73 Å². The standard InChI is InChI=1S/C25H30INO3/c1-15-21(24(29)30-18-10-5-4-6-11-18)22(16-8-7-9-17(26)12-16)23-19(27-15)13-25(2,3)14-20(23)28/h7-9,12,18,21-22H,4-6,10-11,13-14H2,1-3H3. The van der Waals surface area contributed by atoms with Crippen LogP contribution in [0.4, 0.5) is 0 Å². The van der Waals surface area contributed by atoms with Crippen LogP contribution in [-0.2, 0) is 14.3 Å². The van der Waals surface area contributed by atoms with Crippen molar-refractivity contribution in [1.29, 1.82) is 0 Å². The molecule has 1 saturated carbocycles. The van der Waals surface area contributed by atoms with Crippen molar-refractivity contribution in [3.63, 3.8) is 0 Å². The summed E-state index contributed by atoms with van der Waals surface area (Å²) in [5.74, 6) is -0.950. The number of hydrogen-bond donors (Lipinski definition) is 0. The minimum atomic E-state index is -0.533. The van der Waals surface area contributed by atoms with Crippen molar-refractivity contribution < 1.29 is 14.3 Å². The maximum Gasteiger partial charge on any atom is 0.315 e. The molecule has 4 rings (SSSR count). The number of rotatable bonds is 3. The molecular formula is C25H30INO3. The van der Waals surface area contributed by atoms with Crippen LogP contribution in [0.15, 0.2) is 40.5 Å². The van der Waals surface area contributed by atoms with Gasteiger partial charge < -0.3 is 4.74 Å². The Hall–Kier alpha value is -1.50. The number of carbonyl (C=O) groups excluding carboxylic acids is 2. The van der Waals surface area contributed by atoms with Gasteiger partial charge in [-0.1, -0.05) is 32.4 Å². The summed E-state index contributed by atoms with van der Waals surface area (Å²) in [7, 11) is 0. The highest BCUT2D eigenvalue weighted by molar-refractivity contribution is 14.1. The molecule has 4 nitrogen and oxygen atoms in total. The second-order valence-corrected chi connectivity index (χ2v) is 11.0. The molecule has 0 spiro atoms. The number of ketones is 1. The van der Waals surface area contributed by atoms with Crippen LogP contribution < -0.4 is 0 Å². The number of esters is 1. The van der Waals surface area contributed by atoms with E-state index in [0.29, 0.717) is 6.42 Å². The molecule has 0 amide bonds. The molecule has 0 bridgehead atoms. The zero-order valence-electron chi connectivity index (χ0n) is 18.0. The third-order valence-corrected chi connectivity index (χ3v) is 7.27. The van der Waals surface area contributed by atoms with Gasteiger partial charge in [0.25, 0.3) is 0 Å². The summed E-state index contributed by atoms with van der Waals surface area (Å²) in [5.41, 5.74) is 3.25.